The molecule has 0 aliphatic carbocycles. The number of hydrogen-bond acceptors (Lipinski definition) is 11. The fourth-order valence-electron chi connectivity index (χ4n) is 3.46. The molecule has 0 aromatic carbocycles. The van der Waals surface area contributed by atoms with Crippen LogP contribution in [0, 0.1) is 5.82 Å². The minimum Gasteiger partial charge on any atom is -0.394 e. The second-order valence-corrected chi connectivity index (χ2v) is 7.50. The molecule has 2 aromatic heterocycles. The summed E-state index contributed by atoms with van der Waals surface area (Å²) < 4.78 is 25.1. The van der Waals surface area contributed by atoms with E-state index in [-0.39, 0.29) is 6.42 Å². The number of aromatic nitrogens is 4. The molecule has 2 fully saturated rings. The van der Waals surface area contributed by atoms with Crippen molar-refractivity contribution in [2.75, 3.05) is 13.2 Å². The summed E-state index contributed by atoms with van der Waals surface area (Å²) in [6.07, 6.45) is -5.48. The third-order valence-electron chi connectivity index (χ3n) is 5.26. The number of nitrogens with one attached hydrogen (secondary N) is 2. The van der Waals surface area contributed by atoms with Crippen LogP contribution in [0.2, 0.25) is 0 Å². The average molecular weight is 490 g/mol. The van der Waals surface area contributed by atoms with Gasteiger partial charge in [0.2, 0.25) is 5.82 Å². The van der Waals surface area contributed by atoms with E-state index in [0.29, 0.717) is 0 Å². The smallest absolute Gasteiger partial charge is 0.330 e. The fourth-order valence-corrected chi connectivity index (χ4v) is 3.46. The third kappa shape index (κ3) is 5.22. The maximum Gasteiger partial charge on any atom is 0.330 e. The molecular weight excluding hydrogens is 467 g/mol. The average Bonchev–Trinajstić information content (AvgIpc) is 3.30. The van der Waals surface area contributed by atoms with Crippen LogP contribution in [0.15, 0.2) is 37.6 Å². The standard InChI is InChI=1S/C9H11FN2O5.C9H12N2O6/c10-4-2-12(9(16)11-8(4)15)7-1-5(14)6(3-13)17-7;12-3-4-6(14)7(15)8(17-4)11-2-1-5(13)10-9(11)16/h2,5-7,13-14H,1,3H2,(H,11,15,16);1-2,4,6-8,12,14-15H,3H2,(H,10,13,16)/t5-,6+,7+;4-,6-,7-,8-/m01/s1. The Labute approximate surface area is 187 Å². The first-order chi connectivity index (χ1) is 16.1. The molecule has 0 saturated carbocycles. The van der Waals surface area contributed by atoms with E-state index < -0.39 is 84.5 Å². The van der Waals surface area contributed by atoms with Crippen LogP contribution in [0.5, 0.6) is 0 Å². The molecule has 2 saturated heterocycles. The number of aromatic amines is 2. The lowest BCUT2D eigenvalue weighted by Crippen LogP contribution is -2.37. The SMILES string of the molecule is O=c1[nH]c(=O)n([C@H]2C[C@H](O)[C@@H](CO)O2)cc1F.O=c1ccn([C@@H]2O[C@H](CO)[C@@H](O)[C@H]2O)c(=O)[nH]1. The molecule has 4 heterocycles. The molecule has 2 aromatic rings. The van der Waals surface area contributed by atoms with Crippen molar-refractivity contribution in [3.8, 4) is 0 Å². The Balaban J connectivity index is 0.000000191. The molecule has 2 aliphatic rings. The zero-order valence-electron chi connectivity index (χ0n) is 17.4. The van der Waals surface area contributed by atoms with Crippen LogP contribution >= 0.6 is 0 Å². The molecule has 0 bridgehead atoms. The molecule has 16 heteroatoms. The molecule has 0 radical (unpaired) electrons. The predicted molar refractivity (Wildman–Crippen MR) is 107 cm³/mol. The van der Waals surface area contributed by atoms with Gasteiger partial charge >= 0.3 is 11.4 Å². The van der Waals surface area contributed by atoms with E-state index in [1.807, 2.05) is 4.98 Å². The third-order valence-corrected chi connectivity index (χ3v) is 5.26. The summed E-state index contributed by atoms with van der Waals surface area (Å²) in [7, 11) is 0. The highest BCUT2D eigenvalue weighted by Crippen LogP contribution is 2.28. The van der Waals surface area contributed by atoms with Crippen molar-refractivity contribution >= 4 is 0 Å². The van der Waals surface area contributed by atoms with E-state index >= 15 is 0 Å². The van der Waals surface area contributed by atoms with Crippen LogP contribution in [0.1, 0.15) is 18.9 Å². The zero-order chi connectivity index (χ0) is 25.2. The van der Waals surface area contributed by atoms with Gasteiger partial charge in [-0.1, -0.05) is 0 Å². The molecule has 7 N–H and O–H groups in total. The normalized spacial score (nSPS) is 30.7. The highest BCUT2D eigenvalue weighted by atomic mass is 19.1. The van der Waals surface area contributed by atoms with Gasteiger partial charge in [-0.05, 0) is 0 Å². The van der Waals surface area contributed by atoms with E-state index in [4.69, 9.17) is 19.7 Å². The number of rotatable bonds is 4. The largest absolute Gasteiger partial charge is 0.394 e. The number of aliphatic hydroxyl groups is 5. The fraction of sp³-hybridized carbons (Fsp3) is 0.556. The first-order valence-electron chi connectivity index (χ1n) is 9.96. The molecule has 0 amide bonds. The number of hydrogen-bond donors (Lipinski definition) is 7. The first kappa shape index (κ1) is 25.6. The molecule has 0 spiro atoms. The monoisotopic (exact) mass is 490 g/mol. The molecule has 188 valence electrons. The second-order valence-electron chi connectivity index (χ2n) is 7.50. The van der Waals surface area contributed by atoms with E-state index in [9.17, 15) is 38.9 Å². The minimum atomic E-state index is -1.35. The number of halogens is 1. The number of nitrogens with zero attached hydrogens (tertiary/aromatic N) is 2. The van der Waals surface area contributed by atoms with Crippen molar-refractivity contribution < 1.29 is 39.4 Å². The Morgan fingerprint density at radius 1 is 0.941 bits per heavy atom. The van der Waals surface area contributed by atoms with Crippen molar-refractivity contribution in [1.82, 2.24) is 19.1 Å². The van der Waals surface area contributed by atoms with Gasteiger partial charge in [-0.25, -0.2) is 9.59 Å². The van der Waals surface area contributed by atoms with Gasteiger partial charge in [0.15, 0.2) is 6.23 Å². The summed E-state index contributed by atoms with van der Waals surface area (Å²) in [6, 6.07) is 1.09. The van der Waals surface area contributed by atoms with Crippen LogP contribution in [0.4, 0.5) is 4.39 Å². The Bertz CT molecular complexity index is 1220. The molecule has 7 atom stereocenters. The number of H-pyrrole nitrogens is 2. The van der Waals surface area contributed by atoms with Crippen molar-refractivity contribution in [3.05, 3.63) is 66.0 Å². The van der Waals surface area contributed by atoms with Gasteiger partial charge in [0, 0.05) is 18.7 Å². The highest BCUT2D eigenvalue weighted by molar-refractivity contribution is 4.93. The lowest BCUT2D eigenvalue weighted by atomic mass is 10.1. The molecule has 2 aliphatic heterocycles. The molecule has 15 nitrogen and oxygen atoms in total. The lowest BCUT2D eigenvalue weighted by molar-refractivity contribution is -0.0550. The van der Waals surface area contributed by atoms with E-state index in [0.717, 1.165) is 27.6 Å². The van der Waals surface area contributed by atoms with Crippen LogP contribution in [-0.2, 0) is 9.47 Å². The topological polar surface area (TPSA) is 229 Å². The Hall–Kier alpha value is -2.99. The Kier molecular flexibility index (Phi) is 7.93. The Morgan fingerprint density at radius 3 is 2.15 bits per heavy atom. The predicted octanol–water partition coefficient (Wildman–Crippen LogP) is -4.54. The summed E-state index contributed by atoms with van der Waals surface area (Å²) in [5, 5.41) is 46.4. The lowest BCUT2D eigenvalue weighted by Gasteiger charge is -2.16. The minimum absolute atomic E-state index is 0.0383. The van der Waals surface area contributed by atoms with Gasteiger partial charge in [0.05, 0.1) is 25.5 Å². The van der Waals surface area contributed by atoms with Gasteiger partial charge in [0.25, 0.3) is 11.1 Å². The van der Waals surface area contributed by atoms with Crippen LogP contribution in [0.25, 0.3) is 0 Å². The molecule has 34 heavy (non-hydrogen) atoms. The maximum absolute atomic E-state index is 13.0. The van der Waals surface area contributed by atoms with Gasteiger partial charge in [-0.3, -0.25) is 28.7 Å². The molecular formula is C18H23FN4O11. The number of ether oxygens (including phenoxy) is 2. The highest BCUT2D eigenvalue weighted by Gasteiger charge is 2.43. The maximum atomic E-state index is 13.0. The van der Waals surface area contributed by atoms with Crippen molar-refractivity contribution in [1.29, 1.82) is 0 Å². The summed E-state index contributed by atoms with van der Waals surface area (Å²) in [4.78, 5) is 48.3. The van der Waals surface area contributed by atoms with Crippen LogP contribution in [-0.4, -0.2) is 88.4 Å². The van der Waals surface area contributed by atoms with Gasteiger partial charge in [0.1, 0.15) is 30.6 Å². The van der Waals surface area contributed by atoms with Crippen LogP contribution in [0.3, 0.4) is 0 Å². The van der Waals surface area contributed by atoms with E-state index in [1.54, 1.807) is 4.98 Å². The number of aliphatic hydroxyl groups excluding tert-OH is 5. The van der Waals surface area contributed by atoms with E-state index in [1.165, 1.54) is 0 Å². The van der Waals surface area contributed by atoms with E-state index in [2.05, 4.69) is 0 Å². The summed E-state index contributed by atoms with van der Waals surface area (Å²) in [5.41, 5.74) is -3.26. The summed E-state index contributed by atoms with van der Waals surface area (Å²) >= 11 is 0. The second kappa shape index (κ2) is 10.5. The van der Waals surface area contributed by atoms with Gasteiger partial charge < -0.3 is 35.0 Å². The van der Waals surface area contributed by atoms with Gasteiger partial charge in [-0.2, -0.15) is 4.39 Å². The van der Waals surface area contributed by atoms with Crippen molar-refractivity contribution in [2.24, 2.45) is 0 Å². The van der Waals surface area contributed by atoms with Crippen molar-refractivity contribution in [2.45, 2.75) is 49.4 Å². The molecule has 4 rings (SSSR count). The summed E-state index contributed by atoms with van der Waals surface area (Å²) in [5.74, 6) is -1.12. The molecule has 0 unspecified atom stereocenters. The first-order valence-corrected chi connectivity index (χ1v) is 9.96. The quantitative estimate of drug-likeness (QED) is 0.216. The zero-order valence-corrected chi connectivity index (χ0v) is 17.4. The Morgan fingerprint density at radius 2 is 1.59 bits per heavy atom. The van der Waals surface area contributed by atoms with Crippen LogP contribution < -0.4 is 22.5 Å². The van der Waals surface area contributed by atoms with Crippen molar-refractivity contribution in [3.63, 3.8) is 0 Å². The summed E-state index contributed by atoms with van der Waals surface area (Å²) in [6.45, 7) is -0.884. The van der Waals surface area contributed by atoms with Gasteiger partial charge in [-0.15, -0.1) is 0 Å².